The van der Waals surface area contributed by atoms with Crippen molar-refractivity contribution in [2.75, 3.05) is 0 Å². The number of rotatable bonds is 0. The van der Waals surface area contributed by atoms with Crippen LogP contribution in [0.4, 0.5) is 0 Å². The number of carbonyl (C=O) groups excluding carboxylic acids is 2. The van der Waals surface area contributed by atoms with Gasteiger partial charge in [-0.2, -0.15) is 0 Å². The average Bonchev–Trinajstić information content (AvgIpc) is 2.96. The lowest BCUT2D eigenvalue weighted by Crippen LogP contribution is -2.36. The highest BCUT2D eigenvalue weighted by molar-refractivity contribution is 7.10. The van der Waals surface area contributed by atoms with E-state index in [0.717, 1.165) is 16.0 Å². The molecule has 0 radical (unpaired) electrons. The molecular formula is C14H9NO2S. The van der Waals surface area contributed by atoms with Crippen LogP contribution in [0.25, 0.3) is 0 Å². The van der Waals surface area contributed by atoms with Gasteiger partial charge in [0.05, 0.1) is 6.54 Å². The Bertz CT molecular complexity index is 689. The zero-order valence-electron chi connectivity index (χ0n) is 9.42. The van der Waals surface area contributed by atoms with Crippen LogP contribution < -0.4 is 0 Å². The van der Waals surface area contributed by atoms with Crippen molar-refractivity contribution >= 4 is 23.0 Å². The number of nitrogens with zero attached hydrogens (tertiary/aromatic N) is 1. The average molecular weight is 255 g/mol. The highest BCUT2D eigenvalue weighted by Gasteiger charge is 2.44. The summed E-state index contributed by atoms with van der Waals surface area (Å²) in [6.45, 7) is 0.553. The molecule has 0 saturated heterocycles. The van der Waals surface area contributed by atoms with Gasteiger partial charge in [0.2, 0.25) is 0 Å². The number of ketones is 1. The van der Waals surface area contributed by atoms with Crippen LogP contribution in [-0.2, 0) is 6.54 Å². The van der Waals surface area contributed by atoms with E-state index in [1.165, 1.54) is 0 Å². The normalized spacial score (nSPS) is 20.7. The summed E-state index contributed by atoms with van der Waals surface area (Å²) >= 11 is 1.54. The molecule has 3 heterocycles. The molecule has 1 aromatic heterocycles. The van der Waals surface area contributed by atoms with E-state index in [1.54, 1.807) is 22.3 Å². The number of fused-ring (bicyclic) bond motifs is 4. The highest BCUT2D eigenvalue weighted by atomic mass is 32.1. The molecule has 2 aliphatic heterocycles. The van der Waals surface area contributed by atoms with E-state index >= 15 is 0 Å². The zero-order valence-corrected chi connectivity index (χ0v) is 10.2. The third-order valence-corrected chi connectivity index (χ3v) is 4.54. The van der Waals surface area contributed by atoms with Crippen LogP contribution in [0.2, 0.25) is 0 Å². The third-order valence-electron chi connectivity index (χ3n) is 3.63. The number of carbonyl (C=O) groups is 2. The molecule has 0 aliphatic carbocycles. The van der Waals surface area contributed by atoms with E-state index in [4.69, 9.17) is 0 Å². The van der Waals surface area contributed by atoms with E-state index in [-0.39, 0.29) is 11.7 Å². The number of hydrogen-bond donors (Lipinski definition) is 0. The number of benzene rings is 1. The molecule has 4 heteroatoms. The van der Waals surface area contributed by atoms with Gasteiger partial charge in [0.15, 0.2) is 5.78 Å². The van der Waals surface area contributed by atoms with Gasteiger partial charge in [-0.05, 0) is 23.1 Å². The fraction of sp³-hybridized carbons (Fsp3) is 0.143. The highest BCUT2D eigenvalue weighted by Crippen LogP contribution is 2.42. The lowest BCUT2D eigenvalue weighted by atomic mass is 9.95. The van der Waals surface area contributed by atoms with Crippen LogP contribution in [0.5, 0.6) is 0 Å². The molecule has 0 bridgehead atoms. The summed E-state index contributed by atoms with van der Waals surface area (Å²) in [5.41, 5.74) is 2.31. The first kappa shape index (κ1) is 10.0. The van der Waals surface area contributed by atoms with Crippen LogP contribution in [0, 0.1) is 0 Å². The molecule has 0 N–H and O–H groups in total. The van der Waals surface area contributed by atoms with Crippen molar-refractivity contribution in [2.24, 2.45) is 0 Å². The summed E-state index contributed by atoms with van der Waals surface area (Å²) in [5, 5.41) is 1.92. The fourth-order valence-electron chi connectivity index (χ4n) is 2.80. The molecule has 0 spiro atoms. The molecular weight excluding hydrogens is 246 g/mol. The fourth-order valence-corrected chi connectivity index (χ4v) is 3.68. The van der Waals surface area contributed by atoms with Crippen LogP contribution in [0.15, 0.2) is 35.7 Å². The largest absolute Gasteiger partial charge is 0.319 e. The standard InChI is InChI=1S/C14H9NO2S/c16-13-10-5-6-18-11(10)7-15-12(13)8-3-1-2-4-9(8)14(15)17/h1-6,12H,7H2. The predicted octanol–water partition coefficient (Wildman–Crippen LogP) is 2.64. The van der Waals surface area contributed by atoms with Gasteiger partial charge in [0.25, 0.3) is 5.91 Å². The van der Waals surface area contributed by atoms with E-state index in [0.29, 0.717) is 12.1 Å². The quantitative estimate of drug-likeness (QED) is 0.725. The Kier molecular flexibility index (Phi) is 1.84. The first-order chi connectivity index (χ1) is 8.77. The second kappa shape index (κ2) is 3.29. The van der Waals surface area contributed by atoms with Crippen LogP contribution in [0.1, 0.15) is 37.2 Å². The Labute approximate surface area is 108 Å². The molecule has 88 valence electrons. The second-order valence-electron chi connectivity index (χ2n) is 4.54. The van der Waals surface area contributed by atoms with Crippen molar-refractivity contribution in [3.63, 3.8) is 0 Å². The Morgan fingerprint density at radius 2 is 1.94 bits per heavy atom. The van der Waals surface area contributed by atoms with Gasteiger partial charge in [0.1, 0.15) is 6.04 Å². The van der Waals surface area contributed by atoms with E-state index < -0.39 is 6.04 Å². The van der Waals surface area contributed by atoms with Gasteiger partial charge in [-0.25, -0.2) is 0 Å². The molecule has 1 unspecified atom stereocenters. The van der Waals surface area contributed by atoms with E-state index in [9.17, 15) is 9.59 Å². The van der Waals surface area contributed by atoms with Crippen LogP contribution in [0.3, 0.4) is 0 Å². The Hall–Kier alpha value is -1.94. The maximum atomic E-state index is 12.5. The van der Waals surface area contributed by atoms with Crippen molar-refractivity contribution in [1.82, 2.24) is 4.90 Å². The molecule has 0 saturated carbocycles. The summed E-state index contributed by atoms with van der Waals surface area (Å²) in [5.74, 6) is 0.0267. The van der Waals surface area contributed by atoms with E-state index in [1.807, 2.05) is 29.6 Å². The molecule has 2 aromatic rings. The van der Waals surface area contributed by atoms with Gasteiger partial charge >= 0.3 is 0 Å². The SMILES string of the molecule is O=C1c2ccsc2CN2C(=O)c3ccccc3C12. The summed E-state index contributed by atoms with van der Waals surface area (Å²) < 4.78 is 0. The smallest absolute Gasteiger partial charge is 0.255 e. The van der Waals surface area contributed by atoms with Crippen LogP contribution in [-0.4, -0.2) is 16.6 Å². The van der Waals surface area contributed by atoms with Crippen molar-refractivity contribution in [2.45, 2.75) is 12.6 Å². The molecule has 3 nitrogen and oxygen atoms in total. The lowest BCUT2D eigenvalue weighted by molar-refractivity contribution is 0.0620. The summed E-state index contributed by atoms with van der Waals surface area (Å²) in [6, 6.07) is 8.87. The predicted molar refractivity (Wildman–Crippen MR) is 67.7 cm³/mol. The van der Waals surface area contributed by atoms with Crippen molar-refractivity contribution in [3.05, 3.63) is 57.3 Å². The molecule has 0 fully saturated rings. The summed E-state index contributed by atoms with van der Waals surface area (Å²) in [6.07, 6.45) is 0. The minimum absolute atomic E-state index is 0.0250. The minimum atomic E-state index is -0.407. The summed E-state index contributed by atoms with van der Waals surface area (Å²) in [4.78, 5) is 27.5. The second-order valence-corrected chi connectivity index (χ2v) is 5.55. The van der Waals surface area contributed by atoms with Crippen molar-refractivity contribution in [3.8, 4) is 0 Å². The van der Waals surface area contributed by atoms with Crippen molar-refractivity contribution in [1.29, 1.82) is 0 Å². The number of hydrogen-bond acceptors (Lipinski definition) is 3. The van der Waals surface area contributed by atoms with Gasteiger partial charge in [-0.1, -0.05) is 18.2 Å². The Morgan fingerprint density at radius 3 is 2.83 bits per heavy atom. The first-order valence-corrected chi connectivity index (χ1v) is 6.66. The molecule has 4 rings (SSSR count). The molecule has 1 amide bonds. The third kappa shape index (κ3) is 1.08. The van der Waals surface area contributed by atoms with Gasteiger partial charge in [-0.3, -0.25) is 9.59 Å². The molecule has 1 aromatic carbocycles. The molecule has 18 heavy (non-hydrogen) atoms. The molecule has 1 atom stereocenters. The number of amides is 1. The number of Topliss-reactive ketones (excluding diaryl/α,β-unsaturated/α-hetero) is 1. The molecule has 2 aliphatic rings. The van der Waals surface area contributed by atoms with Gasteiger partial charge < -0.3 is 4.90 Å². The lowest BCUT2D eigenvalue weighted by Gasteiger charge is -2.28. The maximum Gasteiger partial charge on any atom is 0.255 e. The minimum Gasteiger partial charge on any atom is -0.319 e. The monoisotopic (exact) mass is 255 g/mol. The number of thiophene rings is 1. The summed E-state index contributed by atoms with van der Waals surface area (Å²) in [7, 11) is 0. The van der Waals surface area contributed by atoms with Gasteiger partial charge in [0, 0.05) is 16.0 Å². The van der Waals surface area contributed by atoms with Gasteiger partial charge in [-0.15, -0.1) is 11.3 Å². The topological polar surface area (TPSA) is 37.4 Å². The zero-order chi connectivity index (χ0) is 12.3. The van der Waals surface area contributed by atoms with Crippen molar-refractivity contribution < 1.29 is 9.59 Å². The Balaban J connectivity index is 1.95. The maximum absolute atomic E-state index is 12.5. The first-order valence-electron chi connectivity index (χ1n) is 5.78. The Morgan fingerprint density at radius 1 is 1.11 bits per heavy atom. The van der Waals surface area contributed by atoms with E-state index in [2.05, 4.69) is 0 Å². The van der Waals surface area contributed by atoms with Crippen LogP contribution >= 0.6 is 11.3 Å².